The van der Waals surface area contributed by atoms with Gasteiger partial charge in [-0.05, 0) is 12.8 Å². The van der Waals surface area contributed by atoms with Crippen molar-refractivity contribution in [2.75, 3.05) is 13.7 Å². The lowest BCUT2D eigenvalue weighted by Crippen LogP contribution is -2.42. The summed E-state index contributed by atoms with van der Waals surface area (Å²) < 4.78 is 9.39. The second-order valence-electron chi connectivity index (χ2n) is 6.55. The minimum atomic E-state index is -1.88. The van der Waals surface area contributed by atoms with Gasteiger partial charge in [-0.15, -0.1) is 0 Å². The van der Waals surface area contributed by atoms with E-state index in [4.69, 9.17) is 4.74 Å². The molecule has 1 saturated heterocycles. The quantitative estimate of drug-likeness (QED) is 0.329. The third-order valence-corrected chi connectivity index (χ3v) is 4.52. The lowest BCUT2D eigenvalue weighted by Gasteiger charge is -2.21. The Bertz CT molecular complexity index is 484. The zero-order valence-electron chi connectivity index (χ0n) is 15.3. The van der Waals surface area contributed by atoms with Crippen LogP contribution in [0.5, 0.6) is 0 Å². The highest BCUT2D eigenvalue weighted by atomic mass is 16.6. The minimum Gasteiger partial charge on any atom is -0.469 e. The number of Topliss-reactive ketones (excluding diaryl/α,β-unsaturated/α-hetero) is 1. The van der Waals surface area contributed by atoms with Crippen LogP contribution in [0.25, 0.3) is 0 Å². The third kappa shape index (κ3) is 6.98. The number of carbonyl (C=O) groups excluding carboxylic acids is 3. The number of rotatable bonds is 12. The average molecular weight is 354 g/mol. The van der Waals surface area contributed by atoms with Gasteiger partial charge in [-0.1, -0.05) is 44.8 Å². The van der Waals surface area contributed by atoms with E-state index in [2.05, 4.69) is 11.7 Å². The van der Waals surface area contributed by atoms with Crippen LogP contribution >= 0.6 is 0 Å². The van der Waals surface area contributed by atoms with Crippen LogP contribution in [0, 0.1) is 5.92 Å². The Labute approximate surface area is 149 Å². The number of unbranched alkanes of at least 4 members (excludes halogenated alkanes) is 4. The van der Waals surface area contributed by atoms with Gasteiger partial charge in [0.05, 0.1) is 19.4 Å². The molecule has 0 radical (unpaired) electrons. The molecule has 0 aromatic carbocycles. The van der Waals surface area contributed by atoms with Gasteiger partial charge in [0.2, 0.25) is 0 Å². The van der Waals surface area contributed by atoms with E-state index in [-0.39, 0.29) is 12.4 Å². The maximum Gasteiger partial charge on any atom is 0.339 e. The number of ketones is 1. The molecule has 6 heteroatoms. The molecule has 25 heavy (non-hydrogen) atoms. The minimum absolute atomic E-state index is 0.0220. The van der Waals surface area contributed by atoms with Gasteiger partial charge >= 0.3 is 11.9 Å². The van der Waals surface area contributed by atoms with E-state index in [9.17, 15) is 19.5 Å². The fourth-order valence-electron chi connectivity index (χ4n) is 2.85. The van der Waals surface area contributed by atoms with E-state index >= 15 is 0 Å². The average Bonchev–Trinajstić information content (AvgIpc) is 2.86. The molecule has 1 unspecified atom stereocenters. The van der Waals surface area contributed by atoms with E-state index in [0.717, 1.165) is 12.8 Å². The standard InChI is InChI=1S/C19H30O6/c1-3-4-5-6-7-11-16(20)12-9-8-10-15-14-25-18(22)19(15,23)13-17(21)24-2/h8,10,15,23H,3-7,9,11-14H2,1-2H3/b10-8+/t15-,19?/m1/s1. The summed E-state index contributed by atoms with van der Waals surface area (Å²) in [6.45, 7) is 2.18. The summed E-state index contributed by atoms with van der Waals surface area (Å²) >= 11 is 0. The molecule has 1 aliphatic heterocycles. The predicted octanol–water partition coefficient (Wildman–Crippen LogP) is 2.72. The summed E-state index contributed by atoms with van der Waals surface area (Å²) in [6, 6.07) is 0. The van der Waals surface area contributed by atoms with Gasteiger partial charge in [0, 0.05) is 12.8 Å². The smallest absolute Gasteiger partial charge is 0.339 e. The molecule has 0 saturated carbocycles. The zero-order valence-corrected chi connectivity index (χ0v) is 15.3. The molecule has 0 spiro atoms. The zero-order chi connectivity index (χ0) is 18.7. The van der Waals surface area contributed by atoms with Crippen molar-refractivity contribution in [3.8, 4) is 0 Å². The number of cyclic esters (lactones) is 1. The van der Waals surface area contributed by atoms with Crippen molar-refractivity contribution >= 4 is 17.7 Å². The maximum atomic E-state index is 11.8. The number of methoxy groups -OCH3 is 1. The van der Waals surface area contributed by atoms with Gasteiger partial charge in [-0.3, -0.25) is 9.59 Å². The molecule has 0 amide bonds. The number of hydrogen-bond acceptors (Lipinski definition) is 6. The molecule has 1 aliphatic rings. The molecular weight excluding hydrogens is 324 g/mol. The number of allylic oxidation sites excluding steroid dienone is 1. The van der Waals surface area contributed by atoms with Gasteiger partial charge in [0.15, 0.2) is 5.60 Å². The van der Waals surface area contributed by atoms with Crippen LogP contribution in [0.2, 0.25) is 0 Å². The Kier molecular flexibility index (Phi) is 9.42. The Hall–Kier alpha value is -1.69. The Morgan fingerprint density at radius 1 is 1.28 bits per heavy atom. The maximum absolute atomic E-state index is 11.8. The SMILES string of the molecule is CCCCCCCC(=O)CC/C=C/[C@@H]1COC(=O)C1(O)CC(=O)OC. The lowest BCUT2D eigenvalue weighted by atomic mass is 9.86. The van der Waals surface area contributed by atoms with Crippen LogP contribution in [0.4, 0.5) is 0 Å². The largest absolute Gasteiger partial charge is 0.469 e. The monoisotopic (exact) mass is 354 g/mol. The van der Waals surface area contributed by atoms with Gasteiger partial charge in [-0.2, -0.15) is 0 Å². The first kappa shape index (κ1) is 21.4. The van der Waals surface area contributed by atoms with Crippen molar-refractivity contribution in [3.05, 3.63) is 12.2 Å². The Morgan fingerprint density at radius 2 is 2.00 bits per heavy atom. The molecule has 0 aliphatic carbocycles. The normalized spacial score (nSPS) is 23.0. The number of ether oxygens (including phenoxy) is 2. The number of carbonyl (C=O) groups is 3. The molecule has 1 fully saturated rings. The molecule has 1 heterocycles. The summed E-state index contributed by atoms with van der Waals surface area (Å²) in [7, 11) is 1.20. The van der Waals surface area contributed by atoms with E-state index < -0.39 is 29.9 Å². The summed E-state index contributed by atoms with van der Waals surface area (Å²) in [5, 5.41) is 10.4. The molecule has 0 bridgehead atoms. The topological polar surface area (TPSA) is 89.9 Å². The highest BCUT2D eigenvalue weighted by molar-refractivity contribution is 5.87. The molecule has 6 nitrogen and oxygen atoms in total. The highest BCUT2D eigenvalue weighted by Gasteiger charge is 2.51. The van der Waals surface area contributed by atoms with Crippen molar-refractivity contribution in [3.63, 3.8) is 0 Å². The molecule has 2 atom stereocenters. The van der Waals surface area contributed by atoms with E-state index in [1.165, 1.54) is 26.4 Å². The summed E-state index contributed by atoms with van der Waals surface area (Å²) in [5.74, 6) is -1.86. The second kappa shape index (κ2) is 11.0. The Morgan fingerprint density at radius 3 is 2.68 bits per heavy atom. The van der Waals surface area contributed by atoms with Crippen LogP contribution in [0.1, 0.15) is 64.7 Å². The van der Waals surface area contributed by atoms with E-state index in [1.54, 1.807) is 12.2 Å². The predicted molar refractivity (Wildman–Crippen MR) is 92.8 cm³/mol. The number of esters is 2. The summed E-state index contributed by atoms with van der Waals surface area (Å²) in [5.41, 5.74) is -1.88. The first-order chi connectivity index (χ1) is 11.9. The molecule has 142 valence electrons. The fourth-order valence-corrected chi connectivity index (χ4v) is 2.85. The van der Waals surface area contributed by atoms with E-state index in [1.807, 2.05) is 0 Å². The van der Waals surface area contributed by atoms with E-state index in [0.29, 0.717) is 19.3 Å². The number of aliphatic hydroxyl groups is 1. The first-order valence-electron chi connectivity index (χ1n) is 9.08. The molecule has 0 aromatic heterocycles. The third-order valence-electron chi connectivity index (χ3n) is 4.52. The summed E-state index contributed by atoms with van der Waals surface area (Å²) in [6.07, 6.45) is 10.2. The fraction of sp³-hybridized carbons (Fsp3) is 0.737. The van der Waals surface area contributed by atoms with Gasteiger partial charge < -0.3 is 14.6 Å². The second-order valence-corrected chi connectivity index (χ2v) is 6.55. The van der Waals surface area contributed by atoms with Crippen molar-refractivity contribution in [1.29, 1.82) is 0 Å². The summed E-state index contributed by atoms with van der Waals surface area (Å²) in [4.78, 5) is 34.9. The highest BCUT2D eigenvalue weighted by Crippen LogP contribution is 2.31. The van der Waals surface area contributed by atoms with Crippen LogP contribution in [0.3, 0.4) is 0 Å². The van der Waals surface area contributed by atoms with Gasteiger partial charge in [0.25, 0.3) is 0 Å². The van der Waals surface area contributed by atoms with Crippen LogP contribution in [0.15, 0.2) is 12.2 Å². The van der Waals surface area contributed by atoms with Crippen molar-refractivity contribution < 1.29 is 29.0 Å². The van der Waals surface area contributed by atoms with Crippen molar-refractivity contribution in [2.24, 2.45) is 5.92 Å². The first-order valence-corrected chi connectivity index (χ1v) is 9.08. The van der Waals surface area contributed by atoms with Crippen LogP contribution in [-0.4, -0.2) is 42.1 Å². The van der Waals surface area contributed by atoms with Crippen LogP contribution in [-0.2, 0) is 23.9 Å². The van der Waals surface area contributed by atoms with Gasteiger partial charge in [0.1, 0.15) is 12.4 Å². The molecule has 1 N–H and O–H groups in total. The molecule has 1 rings (SSSR count). The lowest BCUT2D eigenvalue weighted by molar-refractivity contribution is -0.161. The number of hydrogen-bond donors (Lipinski definition) is 1. The van der Waals surface area contributed by atoms with Crippen molar-refractivity contribution in [2.45, 2.75) is 70.3 Å². The molecular formula is C19H30O6. The van der Waals surface area contributed by atoms with Gasteiger partial charge in [-0.25, -0.2) is 4.79 Å². The van der Waals surface area contributed by atoms with Crippen molar-refractivity contribution in [1.82, 2.24) is 0 Å². The Balaban J connectivity index is 2.35. The molecule has 0 aromatic rings. The van der Waals surface area contributed by atoms with Crippen LogP contribution < -0.4 is 0 Å².